The Labute approximate surface area is 223 Å². The van der Waals surface area contributed by atoms with Crippen LogP contribution in [0.25, 0.3) is 10.9 Å². The number of hydrogen-bond acceptors (Lipinski definition) is 4. The lowest BCUT2D eigenvalue weighted by Crippen LogP contribution is -2.16. The standard InChI is InChI=1S/C25H14F9NO5S/c26-23(27,28)13-1-4-15(5-2-13)41(38,39)20-11-35-19-6-3-14(10-16(19)20)40-22-17(24(29,30)31)7-12(9-21(36)37)8-18(22)25(32,33)34/h1-8,10-11,35H,9H2,(H,36,37). The van der Waals surface area contributed by atoms with Crippen LogP contribution < -0.4 is 4.74 Å². The second-order valence-electron chi connectivity index (χ2n) is 8.57. The minimum Gasteiger partial charge on any atom is -0.481 e. The summed E-state index contributed by atoms with van der Waals surface area (Å²) >= 11 is 0. The molecular formula is C25H14F9NO5S. The van der Waals surface area contributed by atoms with Gasteiger partial charge >= 0.3 is 24.5 Å². The Bertz CT molecular complexity index is 1700. The van der Waals surface area contributed by atoms with Gasteiger partial charge in [-0.05, 0) is 60.2 Å². The summed E-state index contributed by atoms with van der Waals surface area (Å²) in [5.41, 5.74) is -5.70. The van der Waals surface area contributed by atoms with Gasteiger partial charge in [-0.1, -0.05) is 0 Å². The van der Waals surface area contributed by atoms with Gasteiger partial charge in [0.1, 0.15) is 5.75 Å². The Hall–Kier alpha value is -4.21. The summed E-state index contributed by atoms with van der Waals surface area (Å²) in [6, 6.07) is 5.76. The Balaban J connectivity index is 1.83. The lowest BCUT2D eigenvalue weighted by atomic mass is 10.0. The van der Waals surface area contributed by atoms with Gasteiger partial charge in [-0.2, -0.15) is 39.5 Å². The van der Waals surface area contributed by atoms with Crippen molar-refractivity contribution in [1.29, 1.82) is 0 Å². The van der Waals surface area contributed by atoms with Gasteiger partial charge in [-0.3, -0.25) is 4.79 Å². The van der Waals surface area contributed by atoms with Gasteiger partial charge in [0.15, 0.2) is 5.75 Å². The first-order valence-electron chi connectivity index (χ1n) is 11.0. The Kier molecular flexibility index (Phi) is 7.27. The monoisotopic (exact) mass is 611 g/mol. The van der Waals surface area contributed by atoms with Crippen LogP contribution in [0.4, 0.5) is 39.5 Å². The molecule has 41 heavy (non-hydrogen) atoms. The SMILES string of the molecule is O=C(O)Cc1cc(C(F)(F)F)c(Oc2ccc3[nH]cc(S(=O)(=O)c4ccc(C(F)(F)F)cc4)c3c2)c(C(F)(F)F)c1. The fraction of sp³-hybridized carbons (Fsp3) is 0.160. The van der Waals surface area contributed by atoms with E-state index in [4.69, 9.17) is 9.84 Å². The molecule has 218 valence electrons. The molecule has 2 N–H and O–H groups in total. The zero-order valence-electron chi connectivity index (χ0n) is 19.9. The average Bonchev–Trinajstić information content (AvgIpc) is 3.27. The molecule has 0 aliphatic carbocycles. The largest absolute Gasteiger partial charge is 0.481 e. The maximum Gasteiger partial charge on any atom is 0.420 e. The topological polar surface area (TPSA) is 96.5 Å². The number of fused-ring (bicyclic) bond motifs is 1. The first kappa shape index (κ1) is 29.8. The van der Waals surface area contributed by atoms with E-state index in [2.05, 4.69) is 4.98 Å². The number of H-pyrrole nitrogens is 1. The number of aromatic amines is 1. The lowest BCUT2D eigenvalue weighted by molar-refractivity contribution is -0.145. The number of aliphatic carboxylic acids is 1. The molecule has 0 unspecified atom stereocenters. The molecule has 16 heteroatoms. The summed E-state index contributed by atoms with van der Waals surface area (Å²) in [6.45, 7) is 0. The van der Waals surface area contributed by atoms with E-state index in [1.165, 1.54) is 0 Å². The number of hydrogen-bond donors (Lipinski definition) is 2. The fourth-order valence-corrected chi connectivity index (χ4v) is 5.35. The van der Waals surface area contributed by atoms with Crippen LogP contribution in [0.15, 0.2) is 70.6 Å². The van der Waals surface area contributed by atoms with Crippen LogP contribution in [0.3, 0.4) is 0 Å². The normalized spacial score (nSPS) is 13.0. The summed E-state index contributed by atoms with van der Waals surface area (Å²) in [5, 5.41) is 8.62. The second-order valence-corrected chi connectivity index (χ2v) is 10.5. The highest BCUT2D eigenvalue weighted by molar-refractivity contribution is 7.91. The number of rotatable bonds is 6. The number of benzene rings is 3. The van der Waals surface area contributed by atoms with E-state index in [0.717, 1.165) is 24.4 Å². The van der Waals surface area contributed by atoms with Crippen LogP contribution in [-0.2, 0) is 39.6 Å². The van der Waals surface area contributed by atoms with Crippen molar-refractivity contribution in [2.45, 2.75) is 34.7 Å². The van der Waals surface area contributed by atoms with Gasteiger partial charge in [0, 0.05) is 17.1 Å². The van der Waals surface area contributed by atoms with E-state index in [0.29, 0.717) is 24.3 Å². The number of carbonyl (C=O) groups is 1. The van der Waals surface area contributed by atoms with Crippen LogP contribution in [0.1, 0.15) is 22.3 Å². The first-order chi connectivity index (χ1) is 18.8. The van der Waals surface area contributed by atoms with Crippen molar-refractivity contribution in [1.82, 2.24) is 4.98 Å². The Morgan fingerprint density at radius 2 is 1.37 bits per heavy atom. The second kappa shape index (κ2) is 10.0. The molecule has 4 aromatic rings. The summed E-state index contributed by atoms with van der Waals surface area (Å²) in [4.78, 5) is 12.4. The van der Waals surface area contributed by atoms with Crippen LogP contribution in [0.2, 0.25) is 0 Å². The number of aromatic nitrogens is 1. The third-order valence-electron chi connectivity index (χ3n) is 5.73. The van der Waals surface area contributed by atoms with Crippen molar-refractivity contribution in [3.63, 3.8) is 0 Å². The van der Waals surface area contributed by atoms with Crippen molar-refractivity contribution in [2.75, 3.05) is 0 Å². The van der Waals surface area contributed by atoms with Gasteiger partial charge in [0.2, 0.25) is 9.84 Å². The minimum absolute atomic E-state index is 0.0618. The van der Waals surface area contributed by atoms with Gasteiger partial charge in [-0.25, -0.2) is 8.42 Å². The summed E-state index contributed by atoms with van der Waals surface area (Å²) in [5.74, 6) is -4.02. The highest BCUT2D eigenvalue weighted by Gasteiger charge is 2.43. The van der Waals surface area contributed by atoms with Crippen molar-refractivity contribution in [3.8, 4) is 11.5 Å². The molecule has 0 saturated carbocycles. The predicted octanol–water partition coefficient (Wildman–Crippen LogP) is 7.48. The van der Waals surface area contributed by atoms with Crippen molar-refractivity contribution < 1.29 is 62.6 Å². The molecule has 3 aromatic carbocycles. The molecule has 0 amide bonds. The highest BCUT2D eigenvalue weighted by Crippen LogP contribution is 2.47. The van der Waals surface area contributed by atoms with E-state index in [-0.39, 0.29) is 23.0 Å². The number of alkyl halides is 9. The number of halogens is 9. The molecule has 0 saturated heterocycles. The third kappa shape index (κ3) is 6.11. The van der Waals surface area contributed by atoms with Gasteiger partial charge in [0.05, 0.1) is 32.9 Å². The summed E-state index contributed by atoms with van der Waals surface area (Å²) in [6.07, 6.45) is -15.8. The average molecular weight is 611 g/mol. The molecule has 0 atom stereocenters. The third-order valence-corrected chi connectivity index (χ3v) is 7.54. The van der Waals surface area contributed by atoms with Gasteiger partial charge in [0.25, 0.3) is 0 Å². The van der Waals surface area contributed by atoms with Crippen LogP contribution >= 0.6 is 0 Å². The van der Waals surface area contributed by atoms with Gasteiger partial charge < -0.3 is 14.8 Å². The number of sulfone groups is 1. The summed E-state index contributed by atoms with van der Waals surface area (Å²) in [7, 11) is -4.52. The Morgan fingerprint density at radius 1 is 0.805 bits per heavy atom. The zero-order valence-corrected chi connectivity index (χ0v) is 20.7. The molecule has 1 aromatic heterocycles. The number of carboxylic acids is 1. The first-order valence-corrected chi connectivity index (χ1v) is 12.5. The van der Waals surface area contributed by atoms with Crippen molar-refractivity contribution in [2.24, 2.45) is 0 Å². The van der Waals surface area contributed by atoms with Crippen LogP contribution in [0, 0.1) is 0 Å². The van der Waals surface area contributed by atoms with E-state index in [9.17, 15) is 52.7 Å². The molecule has 0 aliphatic rings. The van der Waals surface area contributed by atoms with E-state index >= 15 is 0 Å². The molecule has 0 radical (unpaired) electrons. The minimum atomic E-state index is -5.42. The predicted molar refractivity (Wildman–Crippen MR) is 123 cm³/mol. The number of nitrogens with one attached hydrogen (secondary N) is 1. The molecule has 4 rings (SSSR count). The van der Waals surface area contributed by atoms with Crippen molar-refractivity contribution >= 4 is 26.7 Å². The maximum absolute atomic E-state index is 13.8. The molecule has 0 spiro atoms. The fourth-order valence-electron chi connectivity index (χ4n) is 3.92. The maximum atomic E-state index is 13.8. The summed E-state index contributed by atoms with van der Waals surface area (Å²) < 4.78 is 153. The highest BCUT2D eigenvalue weighted by atomic mass is 32.2. The quantitative estimate of drug-likeness (QED) is 0.221. The van der Waals surface area contributed by atoms with Gasteiger partial charge in [-0.15, -0.1) is 0 Å². The van der Waals surface area contributed by atoms with E-state index in [1.54, 1.807) is 0 Å². The van der Waals surface area contributed by atoms with E-state index in [1.807, 2.05) is 0 Å². The van der Waals surface area contributed by atoms with Crippen molar-refractivity contribution in [3.05, 3.63) is 83.0 Å². The number of ether oxygens (including phenoxy) is 1. The molecule has 1 heterocycles. The molecule has 0 bridgehead atoms. The molecule has 6 nitrogen and oxygen atoms in total. The smallest absolute Gasteiger partial charge is 0.420 e. The Morgan fingerprint density at radius 3 is 1.85 bits per heavy atom. The number of carboxylic acid groups (broad SMARTS) is 1. The zero-order chi connectivity index (χ0) is 30.5. The van der Waals surface area contributed by atoms with E-state index < -0.39 is 84.3 Å². The molecule has 0 aliphatic heterocycles. The van der Waals surface area contributed by atoms with Crippen LogP contribution in [-0.4, -0.2) is 24.5 Å². The lowest BCUT2D eigenvalue weighted by Gasteiger charge is -2.20. The molecular weight excluding hydrogens is 597 g/mol. The van der Waals surface area contributed by atoms with Crippen LogP contribution in [0.5, 0.6) is 11.5 Å². The molecule has 0 fully saturated rings.